The molecule has 30 heavy (non-hydrogen) atoms. The predicted molar refractivity (Wildman–Crippen MR) is 118 cm³/mol. The molecule has 0 unspecified atom stereocenters. The molecule has 0 aliphatic heterocycles. The Balaban J connectivity index is 1.60. The van der Waals surface area contributed by atoms with E-state index in [1.165, 1.54) is 0 Å². The summed E-state index contributed by atoms with van der Waals surface area (Å²) in [6, 6.07) is 22.2. The van der Waals surface area contributed by atoms with E-state index in [0.717, 1.165) is 43.8 Å². The van der Waals surface area contributed by atoms with Crippen molar-refractivity contribution in [3.05, 3.63) is 79.1 Å². The van der Waals surface area contributed by atoms with Crippen molar-refractivity contribution in [1.29, 1.82) is 0 Å². The van der Waals surface area contributed by atoms with E-state index >= 15 is 0 Å². The number of aromatic nitrogens is 5. The lowest BCUT2D eigenvalue weighted by Crippen LogP contribution is -2.00. The second-order valence-electron chi connectivity index (χ2n) is 7.23. The lowest BCUT2D eigenvalue weighted by molar-refractivity contribution is 0.216. The first-order valence-electron chi connectivity index (χ1n) is 9.71. The van der Waals surface area contributed by atoms with Crippen molar-refractivity contribution in [2.24, 2.45) is 0 Å². The molecule has 3 aromatic heterocycles. The van der Waals surface area contributed by atoms with Crippen LogP contribution < -0.4 is 0 Å². The van der Waals surface area contributed by atoms with Crippen LogP contribution in [0.15, 0.2) is 79.1 Å². The van der Waals surface area contributed by atoms with Gasteiger partial charge in [-0.3, -0.25) is 14.6 Å². The fourth-order valence-corrected chi connectivity index (χ4v) is 4.10. The van der Waals surface area contributed by atoms with Gasteiger partial charge in [0.2, 0.25) is 0 Å². The Morgan fingerprint density at radius 2 is 1.77 bits per heavy atom. The highest BCUT2D eigenvalue weighted by Crippen LogP contribution is 2.34. The maximum Gasteiger partial charge on any atom is 0.164 e. The van der Waals surface area contributed by atoms with E-state index in [4.69, 9.17) is 4.98 Å². The van der Waals surface area contributed by atoms with E-state index in [1.807, 2.05) is 54.9 Å². The summed E-state index contributed by atoms with van der Waals surface area (Å²) in [6.45, 7) is -0.170. The minimum Gasteiger partial charge on any atom is -0.376 e. The van der Waals surface area contributed by atoms with Crippen LogP contribution in [0.5, 0.6) is 0 Å². The SMILES string of the molecule is OCn1c(-c2n[nH]c3ccc(-c4cncc5ccccc45)cc23)nc2ccccc21. The zero-order valence-corrected chi connectivity index (χ0v) is 15.9. The highest BCUT2D eigenvalue weighted by molar-refractivity contribution is 6.00. The van der Waals surface area contributed by atoms with Gasteiger partial charge in [-0.1, -0.05) is 42.5 Å². The molecule has 3 aromatic carbocycles. The summed E-state index contributed by atoms with van der Waals surface area (Å²) >= 11 is 0. The summed E-state index contributed by atoms with van der Waals surface area (Å²) in [5, 5.41) is 20.8. The average molecular weight is 391 g/mol. The molecule has 0 radical (unpaired) electrons. The first kappa shape index (κ1) is 16.9. The smallest absolute Gasteiger partial charge is 0.164 e. The molecule has 0 spiro atoms. The summed E-state index contributed by atoms with van der Waals surface area (Å²) < 4.78 is 1.77. The van der Waals surface area contributed by atoms with Crippen molar-refractivity contribution in [3.8, 4) is 22.6 Å². The number of aliphatic hydroxyl groups is 1. The van der Waals surface area contributed by atoms with Gasteiger partial charge in [-0.15, -0.1) is 0 Å². The van der Waals surface area contributed by atoms with Crippen molar-refractivity contribution < 1.29 is 5.11 Å². The molecule has 6 rings (SSSR count). The number of benzene rings is 3. The third-order valence-electron chi connectivity index (χ3n) is 5.55. The maximum absolute atomic E-state index is 10.0. The zero-order valence-electron chi connectivity index (χ0n) is 15.9. The van der Waals surface area contributed by atoms with Crippen LogP contribution in [0.2, 0.25) is 0 Å². The number of H-pyrrole nitrogens is 1. The number of fused-ring (bicyclic) bond motifs is 3. The van der Waals surface area contributed by atoms with Crippen molar-refractivity contribution in [2.45, 2.75) is 6.73 Å². The van der Waals surface area contributed by atoms with Gasteiger partial charge in [-0.05, 0) is 35.2 Å². The monoisotopic (exact) mass is 391 g/mol. The van der Waals surface area contributed by atoms with Crippen LogP contribution in [-0.4, -0.2) is 29.8 Å². The molecule has 144 valence electrons. The van der Waals surface area contributed by atoms with E-state index in [2.05, 4.69) is 39.4 Å². The van der Waals surface area contributed by atoms with Crippen LogP contribution in [0.25, 0.3) is 55.4 Å². The van der Waals surface area contributed by atoms with Gasteiger partial charge in [-0.2, -0.15) is 5.10 Å². The average Bonchev–Trinajstić information content (AvgIpc) is 3.39. The van der Waals surface area contributed by atoms with Gasteiger partial charge in [0.15, 0.2) is 5.82 Å². The summed E-state index contributed by atoms with van der Waals surface area (Å²) in [5.74, 6) is 0.637. The van der Waals surface area contributed by atoms with E-state index < -0.39 is 0 Å². The lowest BCUT2D eigenvalue weighted by atomic mass is 9.99. The fraction of sp³-hybridized carbons (Fsp3) is 0.0417. The number of rotatable bonds is 3. The van der Waals surface area contributed by atoms with Crippen LogP contribution in [-0.2, 0) is 6.73 Å². The Bertz CT molecular complexity index is 1540. The summed E-state index contributed by atoms with van der Waals surface area (Å²) in [5.41, 5.74) is 5.45. The number of nitrogens with zero attached hydrogens (tertiary/aromatic N) is 4. The van der Waals surface area contributed by atoms with Crippen molar-refractivity contribution >= 4 is 32.7 Å². The first-order chi connectivity index (χ1) is 14.8. The molecule has 3 heterocycles. The molecule has 6 nitrogen and oxygen atoms in total. The molecule has 0 saturated heterocycles. The van der Waals surface area contributed by atoms with E-state index in [0.29, 0.717) is 11.5 Å². The van der Waals surface area contributed by atoms with Crippen molar-refractivity contribution in [2.75, 3.05) is 0 Å². The lowest BCUT2D eigenvalue weighted by Gasteiger charge is -2.07. The van der Waals surface area contributed by atoms with Gasteiger partial charge < -0.3 is 5.11 Å². The Kier molecular flexibility index (Phi) is 3.66. The van der Waals surface area contributed by atoms with Crippen LogP contribution >= 0.6 is 0 Å². The van der Waals surface area contributed by atoms with Crippen LogP contribution in [0.4, 0.5) is 0 Å². The molecule has 2 N–H and O–H groups in total. The second kappa shape index (κ2) is 6.50. The molecule has 0 atom stereocenters. The summed E-state index contributed by atoms with van der Waals surface area (Å²) in [4.78, 5) is 9.16. The largest absolute Gasteiger partial charge is 0.376 e. The van der Waals surface area contributed by atoms with Gasteiger partial charge in [0.1, 0.15) is 12.4 Å². The van der Waals surface area contributed by atoms with E-state index in [1.54, 1.807) is 4.57 Å². The first-order valence-corrected chi connectivity index (χ1v) is 9.71. The summed E-state index contributed by atoms with van der Waals surface area (Å²) in [6.07, 6.45) is 3.77. The van der Waals surface area contributed by atoms with E-state index in [-0.39, 0.29) is 6.73 Å². The number of pyridine rings is 1. The van der Waals surface area contributed by atoms with Gasteiger partial charge in [0, 0.05) is 28.7 Å². The normalized spacial score (nSPS) is 11.6. The number of aliphatic hydroxyl groups excluding tert-OH is 1. The van der Waals surface area contributed by atoms with Crippen LogP contribution in [0.3, 0.4) is 0 Å². The molecular formula is C24H17N5O. The highest BCUT2D eigenvalue weighted by atomic mass is 16.3. The molecule has 0 fully saturated rings. The molecule has 0 aliphatic rings. The minimum absolute atomic E-state index is 0.170. The number of hydrogen-bond acceptors (Lipinski definition) is 4. The zero-order chi connectivity index (χ0) is 20.1. The minimum atomic E-state index is -0.170. The number of hydrogen-bond donors (Lipinski definition) is 2. The van der Waals surface area contributed by atoms with Crippen molar-refractivity contribution in [1.82, 2.24) is 24.7 Å². The van der Waals surface area contributed by atoms with Crippen LogP contribution in [0, 0.1) is 0 Å². The van der Waals surface area contributed by atoms with Crippen molar-refractivity contribution in [3.63, 3.8) is 0 Å². The quantitative estimate of drug-likeness (QED) is 0.456. The van der Waals surface area contributed by atoms with Crippen LogP contribution in [0.1, 0.15) is 0 Å². The molecule has 0 bridgehead atoms. The molecule has 0 aliphatic carbocycles. The Morgan fingerprint density at radius 3 is 2.70 bits per heavy atom. The maximum atomic E-state index is 10.0. The van der Waals surface area contributed by atoms with Gasteiger partial charge in [0.25, 0.3) is 0 Å². The fourth-order valence-electron chi connectivity index (χ4n) is 4.10. The Morgan fingerprint density at radius 1 is 0.900 bits per heavy atom. The standard InChI is InChI=1S/C24H17N5O/c30-14-29-22-8-4-3-7-21(22)26-24(29)23-18-11-15(9-10-20(18)27-28-23)19-13-25-12-16-5-1-2-6-17(16)19/h1-13,30H,14H2,(H,27,28). The Labute approximate surface area is 171 Å². The number of nitrogens with one attached hydrogen (secondary N) is 1. The Hall–Kier alpha value is -4.03. The van der Waals surface area contributed by atoms with E-state index in [9.17, 15) is 5.11 Å². The van der Waals surface area contributed by atoms with Gasteiger partial charge >= 0.3 is 0 Å². The number of para-hydroxylation sites is 2. The molecule has 6 aromatic rings. The summed E-state index contributed by atoms with van der Waals surface area (Å²) in [7, 11) is 0. The van der Waals surface area contributed by atoms with Gasteiger partial charge in [0.05, 0.1) is 16.6 Å². The molecule has 6 heteroatoms. The number of imidazole rings is 1. The third-order valence-corrected chi connectivity index (χ3v) is 5.55. The highest BCUT2D eigenvalue weighted by Gasteiger charge is 2.18. The van der Waals surface area contributed by atoms with Gasteiger partial charge in [-0.25, -0.2) is 4.98 Å². The third kappa shape index (κ3) is 2.44. The predicted octanol–water partition coefficient (Wildman–Crippen LogP) is 4.74. The molecule has 0 saturated carbocycles. The molecule has 0 amide bonds. The number of aromatic amines is 1. The topological polar surface area (TPSA) is 79.6 Å². The molecular weight excluding hydrogens is 374 g/mol. The second-order valence-corrected chi connectivity index (χ2v) is 7.23.